The third-order valence-corrected chi connectivity index (χ3v) is 4.07. The molecule has 0 saturated carbocycles. The molecule has 116 valence electrons. The van der Waals surface area contributed by atoms with Gasteiger partial charge in [0.15, 0.2) is 5.82 Å². The minimum atomic E-state index is -0.543. The van der Waals surface area contributed by atoms with E-state index in [1.165, 1.54) is 0 Å². The summed E-state index contributed by atoms with van der Waals surface area (Å²) in [6.07, 6.45) is 6.42. The van der Waals surface area contributed by atoms with E-state index < -0.39 is 5.41 Å². The third kappa shape index (κ3) is 2.86. The van der Waals surface area contributed by atoms with Crippen molar-refractivity contribution in [1.82, 2.24) is 14.8 Å². The molecule has 0 radical (unpaired) electrons. The van der Waals surface area contributed by atoms with Gasteiger partial charge in [0.1, 0.15) is 0 Å². The van der Waals surface area contributed by atoms with Gasteiger partial charge in [-0.25, -0.2) is 9.67 Å². The zero-order valence-corrected chi connectivity index (χ0v) is 12.2. The van der Waals surface area contributed by atoms with Crippen LogP contribution in [0.5, 0.6) is 0 Å². The molecule has 0 atom stereocenters. The zero-order chi connectivity index (χ0) is 15.4. The maximum atomic E-state index is 12.5. The monoisotopic (exact) mass is 301 g/mol. The third-order valence-electron chi connectivity index (χ3n) is 4.07. The minimum absolute atomic E-state index is 0.0630. The summed E-state index contributed by atoms with van der Waals surface area (Å²) in [6, 6.07) is 5.45. The fourth-order valence-electron chi connectivity index (χ4n) is 2.55. The molecule has 7 nitrogen and oxygen atoms in total. The van der Waals surface area contributed by atoms with Crippen LogP contribution in [-0.4, -0.2) is 40.4 Å². The molecule has 3 rings (SSSR count). The highest BCUT2D eigenvalue weighted by Crippen LogP contribution is 2.30. The predicted molar refractivity (Wildman–Crippen MR) is 81.5 cm³/mol. The Bertz CT molecular complexity index is 618. The van der Waals surface area contributed by atoms with Crippen molar-refractivity contribution in [3.63, 3.8) is 0 Å². The van der Waals surface area contributed by atoms with Gasteiger partial charge in [0, 0.05) is 32.2 Å². The number of ether oxygens (including phenoxy) is 1. The smallest absolute Gasteiger partial charge is 0.232 e. The van der Waals surface area contributed by atoms with Crippen molar-refractivity contribution < 1.29 is 9.53 Å². The van der Waals surface area contributed by atoms with Crippen LogP contribution in [0.25, 0.3) is 5.82 Å². The van der Waals surface area contributed by atoms with Gasteiger partial charge in [0.25, 0.3) is 0 Å². The van der Waals surface area contributed by atoms with Gasteiger partial charge in [-0.3, -0.25) is 4.79 Å². The lowest BCUT2D eigenvalue weighted by Gasteiger charge is -2.34. The molecule has 3 N–H and O–H groups in total. The van der Waals surface area contributed by atoms with Gasteiger partial charge in [-0.15, -0.1) is 0 Å². The second kappa shape index (κ2) is 6.25. The van der Waals surface area contributed by atoms with Gasteiger partial charge in [-0.1, -0.05) is 0 Å². The average Bonchev–Trinajstić information content (AvgIpc) is 3.10. The van der Waals surface area contributed by atoms with Gasteiger partial charge < -0.3 is 15.8 Å². The number of amides is 1. The number of nitrogens with two attached hydrogens (primary N) is 1. The number of nitrogens with one attached hydrogen (secondary N) is 1. The van der Waals surface area contributed by atoms with E-state index in [-0.39, 0.29) is 5.91 Å². The van der Waals surface area contributed by atoms with E-state index in [4.69, 9.17) is 10.5 Å². The Morgan fingerprint density at radius 3 is 2.82 bits per heavy atom. The largest absolute Gasteiger partial charge is 0.381 e. The molecule has 1 saturated heterocycles. The Kier molecular flexibility index (Phi) is 4.17. The Morgan fingerprint density at radius 1 is 1.41 bits per heavy atom. The lowest BCUT2D eigenvalue weighted by molar-refractivity contribution is -0.130. The maximum absolute atomic E-state index is 12.5. The summed E-state index contributed by atoms with van der Waals surface area (Å²) in [4.78, 5) is 16.8. The molecule has 2 aromatic rings. The highest BCUT2D eigenvalue weighted by molar-refractivity contribution is 5.95. The van der Waals surface area contributed by atoms with Gasteiger partial charge in [-0.2, -0.15) is 5.10 Å². The lowest BCUT2D eigenvalue weighted by Crippen LogP contribution is -2.46. The molecule has 1 aliphatic rings. The Labute approximate surface area is 128 Å². The second-order valence-electron chi connectivity index (χ2n) is 5.41. The van der Waals surface area contributed by atoms with Crippen LogP contribution in [0.2, 0.25) is 0 Å². The van der Waals surface area contributed by atoms with Gasteiger partial charge in [0.2, 0.25) is 5.91 Å². The summed E-state index contributed by atoms with van der Waals surface area (Å²) in [5.41, 5.74) is 5.95. The topological polar surface area (TPSA) is 95.1 Å². The predicted octanol–water partition coefficient (Wildman–Crippen LogP) is 0.961. The number of rotatable bonds is 4. The number of hydrogen-bond donors (Lipinski definition) is 2. The number of carbonyl (C=O) groups excluding carboxylic acids is 1. The SMILES string of the molecule is NCC1(C(=O)Nc2ccc(-n3cccn3)nc2)CCOCC1. The summed E-state index contributed by atoms with van der Waals surface area (Å²) < 4.78 is 6.98. The summed E-state index contributed by atoms with van der Waals surface area (Å²) in [5, 5.41) is 7.02. The van der Waals surface area contributed by atoms with E-state index >= 15 is 0 Å². The van der Waals surface area contributed by atoms with Crippen LogP contribution in [0, 0.1) is 5.41 Å². The van der Waals surface area contributed by atoms with Crippen LogP contribution in [0.15, 0.2) is 36.8 Å². The molecular weight excluding hydrogens is 282 g/mol. The van der Waals surface area contributed by atoms with Crippen molar-refractivity contribution in [3.8, 4) is 5.82 Å². The number of nitrogens with zero attached hydrogens (tertiary/aromatic N) is 3. The van der Waals surface area contributed by atoms with E-state index in [2.05, 4.69) is 15.4 Å². The highest BCUT2D eigenvalue weighted by atomic mass is 16.5. The van der Waals surface area contributed by atoms with E-state index in [1.54, 1.807) is 17.1 Å². The van der Waals surface area contributed by atoms with Crippen LogP contribution in [0.4, 0.5) is 5.69 Å². The molecule has 0 aliphatic carbocycles. The van der Waals surface area contributed by atoms with Crippen LogP contribution in [0.3, 0.4) is 0 Å². The molecule has 22 heavy (non-hydrogen) atoms. The van der Waals surface area contributed by atoms with Crippen molar-refractivity contribution in [3.05, 3.63) is 36.8 Å². The van der Waals surface area contributed by atoms with E-state index in [0.717, 1.165) is 0 Å². The van der Waals surface area contributed by atoms with Crippen LogP contribution < -0.4 is 11.1 Å². The summed E-state index contributed by atoms with van der Waals surface area (Å²) >= 11 is 0. The Balaban J connectivity index is 1.71. The number of anilines is 1. The summed E-state index contributed by atoms with van der Waals surface area (Å²) in [7, 11) is 0. The molecule has 0 aromatic carbocycles. The zero-order valence-electron chi connectivity index (χ0n) is 12.2. The summed E-state index contributed by atoms with van der Waals surface area (Å²) in [6.45, 7) is 1.46. The Morgan fingerprint density at radius 2 is 2.23 bits per heavy atom. The molecule has 0 unspecified atom stereocenters. The maximum Gasteiger partial charge on any atom is 0.232 e. The van der Waals surface area contributed by atoms with E-state index in [1.807, 2.05) is 24.4 Å². The average molecular weight is 301 g/mol. The van der Waals surface area contributed by atoms with Gasteiger partial charge in [-0.05, 0) is 31.0 Å². The number of hydrogen-bond acceptors (Lipinski definition) is 5. The van der Waals surface area contributed by atoms with Crippen molar-refractivity contribution in [2.45, 2.75) is 12.8 Å². The number of carbonyl (C=O) groups is 1. The Hall–Kier alpha value is -2.25. The van der Waals surface area contributed by atoms with Gasteiger partial charge >= 0.3 is 0 Å². The van der Waals surface area contributed by atoms with Crippen molar-refractivity contribution >= 4 is 11.6 Å². The first-order chi connectivity index (χ1) is 10.7. The number of aromatic nitrogens is 3. The standard InChI is InChI=1S/C15H19N5O2/c16-11-15(4-8-22-9-5-15)14(21)19-12-2-3-13(17-10-12)20-7-1-6-18-20/h1-3,6-7,10H,4-5,8-9,11,16H2,(H,19,21). The molecule has 0 bridgehead atoms. The normalized spacial score (nSPS) is 17.1. The van der Waals surface area contributed by atoms with Crippen LogP contribution in [-0.2, 0) is 9.53 Å². The fourth-order valence-corrected chi connectivity index (χ4v) is 2.55. The van der Waals surface area contributed by atoms with E-state index in [9.17, 15) is 4.79 Å². The summed E-state index contributed by atoms with van der Waals surface area (Å²) in [5.74, 6) is 0.634. The molecule has 0 spiro atoms. The van der Waals surface area contributed by atoms with Crippen molar-refractivity contribution in [2.75, 3.05) is 25.1 Å². The van der Waals surface area contributed by atoms with Crippen molar-refractivity contribution in [2.24, 2.45) is 11.1 Å². The number of pyridine rings is 1. The minimum Gasteiger partial charge on any atom is -0.381 e. The van der Waals surface area contributed by atoms with Gasteiger partial charge in [0.05, 0.1) is 17.3 Å². The molecule has 7 heteroatoms. The molecule has 1 aliphatic heterocycles. The van der Waals surface area contributed by atoms with E-state index in [0.29, 0.717) is 44.1 Å². The second-order valence-corrected chi connectivity index (χ2v) is 5.41. The molecule has 2 aromatic heterocycles. The van der Waals surface area contributed by atoms with Crippen LogP contribution in [0.1, 0.15) is 12.8 Å². The van der Waals surface area contributed by atoms with Crippen molar-refractivity contribution in [1.29, 1.82) is 0 Å². The lowest BCUT2D eigenvalue weighted by atomic mass is 9.79. The molecular formula is C15H19N5O2. The quantitative estimate of drug-likeness (QED) is 0.877. The first kappa shape index (κ1) is 14.7. The highest BCUT2D eigenvalue weighted by Gasteiger charge is 2.38. The molecule has 1 fully saturated rings. The first-order valence-corrected chi connectivity index (χ1v) is 7.29. The van der Waals surface area contributed by atoms with Crippen LogP contribution >= 0.6 is 0 Å². The fraction of sp³-hybridized carbons (Fsp3) is 0.400. The first-order valence-electron chi connectivity index (χ1n) is 7.29. The molecule has 3 heterocycles. The molecule has 1 amide bonds.